The SMILES string of the molecule is COc1cc(OC)c(CCS(=O)(=O)Cc2ccc(OC)c(N(CC(=O)O)CC(=O)O)c2)c(OC)c1. The third-order valence-corrected chi connectivity index (χ3v) is 6.70. The second-order valence-electron chi connectivity index (χ2n) is 7.50. The second-order valence-corrected chi connectivity index (χ2v) is 9.69. The molecule has 0 spiro atoms. The number of aliphatic carboxylic acids is 2. The lowest BCUT2D eigenvalue weighted by Gasteiger charge is -2.23. The molecular formula is C23H29NO10S. The molecule has 0 aliphatic heterocycles. The van der Waals surface area contributed by atoms with Crippen molar-refractivity contribution in [2.45, 2.75) is 12.2 Å². The van der Waals surface area contributed by atoms with Crippen molar-refractivity contribution in [2.75, 3.05) is 52.2 Å². The highest BCUT2D eigenvalue weighted by Gasteiger charge is 2.22. The molecule has 0 bridgehead atoms. The molecule has 2 N–H and O–H groups in total. The van der Waals surface area contributed by atoms with E-state index in [4.69, 9.17) is 18.9 Å². The fourth-order valence-corrected chi connectivity index (χ4v) is 4.88. The molecule has 0 aliphatic carbocycles. The normalized spacial score (nSPS) is 11.0. The fraction of sp³-hybridized carbons (Fsp3) is 0.391. The van der Waals surface area contributed by atoms with E-state index in [1.54, 1.807) is 12.1 Å². The highest BCUT2D eigenvalue weighted by atomic mass is 32.2. The van der Waals surface area contributed by atoms with Crippen LogP contribution < -0.4 is 23.8 Å². The molecule has 2 rings (SSSR count). The molecule has 11 nitrogen and oxygen atoms in total. The van der Waals surface area contributed by atoms with E-state index in [0.29, 0.717) is 28.4 Å². The summed E-state index contributed by atoms with van der Waals surface area (Å²) in [6, 6.07) is 7.72. The molecule has 192 valence electrons. The standard InChI is InChI=1S/C23H29NO10S/c1-31-16-10-20(33-3)17(21(11-16)34-4)7-8-35(29,30)14-15-5-6-19(32-2)18(9-15)24(12-22(25)26)13-23(27)28/h5-6,9-11H,7-8,12-14H2,1-4H3,(H,25,26)(H,27,28). The summed E-state index contributed by atoms with van der Waals surface area (Å²) in [4.78, 5) is 23.6. The van der Waals surface area contributed by atoms with Gasteiger partial charge in [-0.2, -0.15) is 0 Å². The third-order valence-electron chi connectivity index (χ3n) is 5.10. The van der Waals surface area contributed by atoms with E-state index in [-0.39, 0.29) is 29.4 Å². The average Bonchev–Trinajstić information content (AvgIpc) is 2.80. The van der Waals surface area contributed by atoms with Gasteiger partial charge in [0.2, 0.25) is 0 Å². The number of carboxylic acid groups (broad SMARTS) is 2. The van der Waals surface area contributed by atoms with Crippen LogP contribution in [0.1, 0.15) is 11.1 Å². The average molecular weight is 512 g/mol. The number of anilines is 1. The van der Waals surface area contributed by atoms with Crippen molar-refractivity contribution in [3.63, 3.8) is 0 Å². The molecule has 0 amide bonds. The Morgan fingerprint density at radius 1 is 0.829 bits per heavy atom. The van der Waals surface area contributed by atoms with E-state index in [1.165, 1.54) is 46.6 Å². The van der Waals surface area contributed by atoms with Crippen LogP contribution in [0.15, 0.2) is 30.3 Å². The molecule has 0 heterocycles. The Bertz CT molecular complexity index is 1120. The van der Waals surface area contributed by atoms with Crippen molar-refractivity contribution in [1.82, 2.24) is 0 Å². The minimum atomic E-state index is -3.64. The minimum Gasteiger partial charge on any atom is -0.496 e. The maximum atomic E-state index is 12.9. The van der Waals surface area contributed by atoms with E-state index in [0.717, 1.165) is 4.90 Å². The molecule has 0 saturated heterocycles. The van der Waals surface area contributed by atoms with Crippen LogP contribution in [0.3, 0.4) is 0 Å². The smallest absolute Gasteiger partial charge is 0.323 e. The molecule has 0 fully saturated rings. The van der Waals surface area contributed by atoms with Crippen LogP contribution in [-0.4, -0.2) is 77.9 Å². The summed E-state index contributed by atoms with van der Waals surface area (Å²) >= 11 is 0. The Morgan fingerprint density at radius 3 is 1.83 bits per heavy atom. The molecule has 0 saturated carbocycles. The number of benzene rings is 2. The van der Waals surface area contributed by atoms with E-state index in [2.05, 4.69) is 0 Å². The Kier molecular flexibility index (Phi) is 9.58. The van der Waals surface area contributed by atoms with Crippen LogP contribution in [-0.2, 0) is 31.6 Å². The minimum absolute atomic E-state index is 0.117. The van der Waals surface area contributed by atoms with Gasteiger partial charge in [-0.3, -0.25) is 9.59 Å². The van der Waals surface area contributed by atoms with Crippen LogP contribution in [0.25, 0.3) is 0 Å². The first-order valence-electron chi connectivity index (χ1n) is 10.4. The Morgan fingerprint density at radius 2 is 1.37 bits per heavy atom. The molecule has 2 aromatic rings. The summed E-state index contributed by atoms with van der Waals surface area (Å²) < 4.78 is 47.1. The number of carboxylic acids is 2. The maximum Gasteiger partial charge on any atom is 0.323 e. The summed E-state index contributed by atoms with van der Waals surface area (Å²) in [7, 11) is 2.13. The largest absolute Gasteiger partial charge is 0.496 e. The summed E-state index contributed by atoms with van der Waals surface area (Å²) in [5.74, 6) is -1.46. The molecule has 0 radical (unpaired) electrons. The summed E-state index contributed by atoms with van der Waals surface area (Å²) in [5.41, 5.74) is 1.10. The molecule has 0 unspecified atom stereocenters. The van der Waals surface area contributed by atoms with Crippen molar-refractivity contribution in [3.05, 3.63) is 41.5 Å². The van der Waals surface area contributed by atoms with Crippen molar-refractivity contribution in [1.29, 1.82) is 0 Å². The Labute approximate surface area is 203 Å². The molecular weight excluding hydrogens is 482 g/mol. The lowest BCUT2D eigenvalue weighted by atomic mass is 10.1. The van der Waals surface area contributed by atoms with Crippen LogP contribution in [0.4, 0.5) is 5.69 Å². The van der Waals surface area contributed by atoms with Gasteiger partial charge >= 0.3 is 11.9 Å². The number of hydrogen-bond donors (Lipinski definition) is 2. The van der Waals surface area contributed by atoms with E-state index >= 15 is 0 Å². The lowest BCUT2D eigenvalue weighted by Crippen LogP contribution is -2.34. The predicted molar refractivity (Wildman–Crippen MR) is 128 cm³/mol. The maximum absolute atomic E-state index is 12.9. The number of carbonyl (C=O) groups is 2. The van der Waals surface area contributed by atoms with Gasteiger partial charge in [-0.1, -0.05) is 6.07 Å². The monoisotopic (exact) mass is 511 g/mol. The van der Waals surface area contributed by atoms with Gasteiger partial charge in [0.1, 0.15) is 36.1 Å². The van der Waals surface area contributed by atoms with Crippen LogP contribution >= 0.6 is 0 Å². The van der Waals surface area contributed by atoms with Gasteiger partial charge in [0.25, 0.3) is 0 Å². The van der Waals surface area contributed by atoms with Crippen molar-refractivity contribution in [3.8, 4) is 23.0 Å². The first-order chi connectivity index (χ1) is 16.5. The lowest BCUT2D eigenvalue weighted by molar-refractivity contribution is -0.136. The second kappa shape index (κ2) is 12.2. The van der Waals surface area contributed by atoms with Gasteiger partial charge in [0.05, 0.1) is 45.6 Å². The molecule has 35 heavy (non-hydrogen) atoms. The Hall–Kier alpha value is -3.67. The molecule has 0 aromatic heterocycles. The van der Waals surface area contributed by atoms with Gasteiger partial charge < -0.3 is 34.1 Å². The van der Waals surface area contributed by atoms with Crippen molar-refractivity contribution < 1.29 is 47.2 Å². The number of sulfone groups is 1. The number of rotatable bonds is 14. The summed E-state index contributed by atoms with van der Waals surface area (Å²) in [5, 5.41) is 18.3. The molecule has 0 aliphatic rings. The molecule has 2 aromatic carbocycles. The van der Waals surface area contributed by atoms with Crippen LogP contribution in [0.2, 0.25) is 0 Å². The molecule has 12 heteroatoms. The fourth-order valence-electron chi connectivity index (χ4n) is 3.53. The first kappa shape index (κ1) is 27.6. The van der Waals surface area contributed by atoms with Crippen LogP contribution in [0.5, 0.6) is 23.0 Å². The predicted octanol–water partition coefficient (Wildman–Crippen LogP) is 1.85. The zero-order valence-corrected chi connectivity index (χ0v) is 20.8. The first-order valence-corrected chi connectivity index (χ1v) is 12.2. The van der Waals surface area contributed by atoms with Crippen molar-refractivity contribution >= 4 is 27.5 Å². The number of ether oxygens (including phenoxy) is 4. The highest BCUT2D eigenvalue weighted by Crippen LogP contribution is 2.35. The quantitative estimate of drug-likeness (QED) is 0.383. The van der Waals surface area contributed by atoms with E-state index < -0.39 is 34.9 Å². The van der Waals surface area contributed by atoms with Gasteiger partial charge in [-0.15, -0.1) is 0 Å². The topological polar surface area (TPSA) is 149 Å². The number of nitrogens with zero attached hydrogens (tertiary/aromatic N) is 1. The zero-order valence-electron chi connectivity index (χ0n) is 19.9. The van der Waals surface area contributed by atoms with E-state index in [9.17, 15) is 28.2 Å². The third kappa shape index (κ3) is 7.67. The molecule has 0 atom stereocenters. The summed E-state index contributed by atoms with van der Waals surface area (Å²) in [6.45, 7) is -1.20. The summed E-state index contributed by atoms with van der Waals surface area (Å²) in [6.07, 6.45) is 0.117. The zero-order chi connectivity index (χ0) is 26.2. The van der Waals surface area contributed by atoms with Crippen LogP contribution in [0, 0.1) is 0 Å². The van der Waals surface area contributed by atoms with Gasteiger partial charge in [-0.05, 0) is 24.1 Å². The number of hydrogen-bond acceptors (Lipinski definition) is 9. The van der Waals surface area contributed by atoms with Crippen molar-refractivity contribution in [2.24, 2.45) is 0 Å². The Balaban J connectivity index is 2.30. The van der Waals surface area contributed by atoms with E-state index in [1.807, 2.05) is 0 Å². The highest BCUT2D eigenvalue weighted by molar-refractivity contribution is 7.90. The van der Waals surface area contributed by atoms with Gasteiger partial charge in [-0.25, -0.2) is 8.42 Å². The van der Waals surface area contributed by atoms with Gasteiger partial charge in [0.15, 0.2) is 9.84 Å². The number of methoxy groups -OCH3 is 4. The van der Waals surface area contributed by atoms with Gasteiger partial charge in [0, 0.05) is 17.7 Å².